The van der Waals surface area contributed by atoms with Crippen molar-refractivity contribution in [3.63, 3.8) is 0 Å². The van der Waals surface area contributed by atoms with Gasteiger partial charge in [-0.2, -0.15) is 0 Å². The van der Waals surface area contributed by atoms with Gasteiger partial charge in [0.25, 0.3) is 5.91 Å². The van der Waals surface area contributed by atoms with Gasteiger partial charge in [-0.1, -0.05) is 41.9 Å². The van der Waals surface area contributed by atoms with Gasteiger partial charge in [0, 0.05) is 17.4 Å². The summed E-state index contributed by atoms with van der Waals surface area (Å²) in [6, 6.07) is 17.7. The molecule has 0 unspecified atom stereocenters. The SMILES string of the molecule is CC(C)(C)OC(=O)c1ccc(NC(=O)c2ncc(Cl)cc2-c2ccccc2)cc1. The molecule has 0 atom stereocenters. The first-order valence-corrected chi connectivity index (χ1v) is 9.46. The van der Waals surface area contributed by atoms with Crippen LogP contribution in [0.3, 0.4) is 0 Å². The Balaban J connectivity index is 1.80. The number of hydrogen-bond acceptors (Lipinski definition) is 4. The Morgan fingerprint density at radius 1 is 1.00 bits per heavy atom. The molecule has 1 amide bonds. The van der Waals surface area contributed by atoms with Crippen molar-refractivity contribution in [3.05, 3.63) is 83.1 Å². The summed E-state index contributed by atoms with van der Waals surface area (Å²) >= 11 is 6.09. The Morgan fingerprint density at radius 2 is 1.66 bits per heavy atom. The number of pyridine rings is 1. The largest absolute Gasteiger partial charge is 0.456 e. The molecule has 6 heteroatoms. The molecule has 1 aromatic heterocycles. The molecule has 0 spiro atoms. The second kappa shape index (κ2) is 8.45. The highest BCUT2D eigenvalue weighted by molar-refractivity contribution is 6.31. The number of hydrogen-bond donors (Lipinski definition) is 1. The number of carbonyl (C=O) groups excluding carboxylic acids is 2. The van der Waals surface area contributed by atoms with E-state index >= 15 is 0 Å². The van der Waals surface area contributed by atoms with Crippen molar-refractivity contribution in [2.45, 2.75) is 26.4 Å². The zero-order valence-corrected chi connectivity index (χ0v) is 17.2. The van der Waals surface area contributed by atoms with Gasteiger partial charge in [-0.05, 0) is 56.7 Å². The van der Waals surface area contributed by atoms with Crippen molar-refractivity contribution >= 4 is 29.2 Å². The number of anilines is 1. The fraction of sp³-hybridized carbons (Fsp3) is 0.174. The van der Waals surface area contributed by atoms with Crippen LogP contribution in [0.2, 0.25) is 5.02 Å². The molecular weight excluding hydrogens is 388 g/mol. The lowest BCUT2D eigenvalue weighted by Gasteiger charge is -2.19. The van der Waals surface area contributed by atoms with E-state index in [0.717, 1.165) is 5.56 Å². The van der Waals surface area contributed by atoms with E-state index in [4.69, 9.17) is 16.3 Å². The number of nitrogens with one attached hydrogen (secondary N) is 1. The number of halogens is 1. The van der Waals surface area contributed by atoms with Crippen molar-refractivity contribution in [1.29, 1.82) is 0 Å². The van der Waals surface area contributed by atoms with Crippen molar-refractivity contribution in [1.82, 2.24) is 4.98 Å². The Kier molecular flexibility index (Phi) is 5.99. The summed E-state index contributed by atoms with van der Waals surface area (Å²) in [5.74, 6) is -0.786. The highest BCUT2D eigenvalue weighted by Gasteiger charge is 2.19. The molecule has 148 valence electrons. The van der Waals surface area contributed by atoms with E-state index in [9.17, 15) is 9.59 Å². The van der Waals surface area contributed by atoms with Crippen molar-refractivity contribution in [2.24, 2.45) is 0 Å². The summed E-state index contributed by atoms with van der Waals surface area (Å²) in [5.41, 5.74) is 2.12. The molecule has 0 aliphatic rings. The predicted octanol–water partition coefficient (Wildman–Crippen LogP) is 5.61. The van der Waals surface area contributed by atoms with Crippen LogP contribution in [-0.4, -0.2) is 22.5 Å². The van der Waals surface area contributed by atoms with Gasteiger partial charge < -0.3 is 10.1 Å². The van der Waals surface area contributed by atoms with E-state index in [2.05, 4.69) is 10.3 Å². The minimum atomic E-state index is -0.571. The maximum atomic E-state index is 12.8. The number of benzene rings is 2. The molecule has 3 aromatic rings. The molecule has 1 N–H and O–H groups in total. The summed E-state index contributed by atoms with van der Waals surface area (Å²) in [6.45, 7) is 5.43. The average molecular weight is 409 g/mol. The number of amides is 1. The summed E-state index contributed by atoms with van der Waals surface area (Å²) in [6.07, 6.45) is 1.44. The van der Waals surface area contributed by atoms with E-state index < -0.39 is 11.6 Å². The van der Waals surface area contributed by atoms with Gasteiger partial charge in [-0.15, -0.1) is 0 Å². The zero-order valence-electron chi connectivity index (χ0n) is 16.4. The quantitative estimate of drug-likeness (QED) is 0.569. The highest BCUT2D eigenvalue weighted by Crippen LogP contribution is 2.26. The Labute approximate surface area is 174 Å². The average Bonchev–Trinajstić information content (AvgIpc) is 2.67. The van der Waals surface area contributed by atoms with Crippen LogP contribution in [0.5, 0.6) is 0 Å². The zero-order chi connectivity index (χ0) is 21.0. The van der Waals surface area contributed by atoms with Gasteiger partial charge in [0.05, 0.1) is 10.6 Å². The molecule has 1 heterocycles. The first-order chi connectivity index (χ1) is 13.7. The second-order valence-electron chi connectivity index (χ2n) is 7.45. The lowest BCUT2D eigenvalue weighted by atomic mass is 10.0. The van der Waals surface area contributed by atoms with E-state index in [-0.39, 0.29) is 11.6 Å². The third-order valence-corrected chi connectivity index (χ3v) is 4.14. The van der Waals surface area contributed by atoms with Gasteiger partial charge in [0.15, 0.2) is 0 Å². The molecular formula is C23H21ClN2O3. The maximum absolute atomic E-state index is 12.8. The third-order valence-electron chi connectivity index (χ3n) is 3.93. The smallest absolute Gasteiger partial charge is 0.338 e. The van der Waals surface area contributed by atoms with E-state index in [1.807, 2.05) is 51.1 Å². The summed E-state index contributed by atoms with van der Waals surface area (Å²) in [4.78, 5) is 29.2. The fourth-order valence-corrected chi connectivity index (χ4v) is 2.83. The number of nitrogens with zero attached hydrogens (tertiary/aromatic N) is 1. The van der Waals surface area contributed by atoms with Crippen LogP contribution < -0.4 is 5.32 Å². The van der Waals surface area contributed by atoms with Gasteiger partial charge in [0.1, 0.15) is 11.3 Å². The fourth-order valence-electron chi connectivity index (χ4n) is 2.67. The molecule has 3 rings (SSSR count). The predicted molar refractivity (Wildman–Crippen MR) is 114 cm³/mol. The van der Waals surface area contributed by atoms with Crippen LogP contribution in [0, 0.1) is 0 Å². The second-order valence-corrected chi connectivity index (χ2v) is 7.89. The maximum Gasteiger partial charge on any atom is 0.338 e. The molecule has 0 saturated carbocycles. The van der Waals surface area contributed by atoms with Gasteiger partial charge in [0.2, 0.25) is 0 Å². The molecule has 0 bridgehead atoms. The molecule has 0 aliphatic carbocycles. The van der Waals surface area contributed by atoms with E-state index in [1.165, 1.54) is 6.20 Å². The molecule has 0 fully saturated rings. The first-order valence-electron chi connectivity index (χ1n) is 9.09. The Bertz CT molecular complexity index is 1030. The number of carbonyl (C=O) groups is 2. The topological polar surface area (TPSA) is 68.3 Å². The van der Waals surface area contributed by atoms with Gasteiger partial charge in [-0.3, -0.25) is 4.79 Å². The molecule has 0 saturated heterocycles. The molecule has 0 aliphatic heterocycles. The lowest BCUT2D eigenvalue weighted by Crippen LogP contribution is -2.23. The van der Waals surface area contributed by atoms with Crippen molar-refractivity contribution < 1.29 is 14.3 Å². The molecule has 5 nitrogen and oxygen atoms in total. The minimum absolute atomic E-state index is 0.261. The molecule has 29 heavy (non-hydrogen) atoms. The summed E-state index contributed by atoms with van der Waals surface area (Å²) < 4.78 is 5.34. The number of rotatable bonds is 4. The molecule has 0 radical (unpaired) electrons. The standard InChI is InChI=1S/C23H21ClN2O3/c1-23(2,3)29-22(28)16-9-11-18(12-10-16)26-21(27)20-19(13-17(24)14-25-20)15-7-5-4-6-8-15/h4-14H,1-3H3,(H,26,27). The summed E-state index contributed by atoms with van der Waals surface area (Å²) in [7, 11) is 0. The lowest BCUT2D eigenvalue weighted by molar-refractivity contribution is 0.00695. The van der Waals surface area contributed by atoms with Crippen LogP contribution in [0.15, 0.2) is 66.9 Å². The van der Waals surface area contributed by atoms with Crippen molar-refractivity contribution in [2.75, 3.05) is 5.32 Å². The van der Waals surface area contributed by atoms with Crippen LogP contribution in [0.1, 0.15) is 41.6 Å². The van der Waals surface area contributed by atoms with Crippen LogP contribution in [0.25, 0.3) is 11.1 Å². The molecule has 2 aromatic carbocycles. The highest BCUT2D eigenvalue weighted by atomic mass is 35.5. The minimum Gasteiger partial charge on any atom is -0.456 e. The Morgan fingerprint density at radius 3 is 2.28 bits per heavy atom. The monoisotopic (exact) mass is 408 g/mol. The van der Waals surface area contributed by atoms with Crippen LogP contribution in [0.4, 0.5) is 5.69 Å². The van der Waals surface area contributed by atoms with Gasteiger partial charge in [-0.25, -0.2) is 9.78 Å². The third kappa shape index (κ3) is 5.42. The van der Waals surface area contributed by atoms with Crippen molar-refractivity contribution in [3.8, 4) is 11.1 Å². The first kappa shape index (κ1) is 20.6. The normalized spacial score (nSPS) is 11.0. The number of esters is 1. The van der Waals surface area contributed by atoms with Crippen LogP contribution in [-0.2, 0) is 4.74 Å². The number of ether oxygens (including phenoxy) is 1. The van der Waals surface area contributed by atoms with Crippen LogP contribution >= 0.6 is 11.6 Å². The number of aromatic nitrogens is 1. The van der Waals surface area contributed by atoms with E-state index in [1.54, 1.807) is 30.3 Å². The van der Waals surface area contributed by atoms with E-state index in [0.29, 0.717) is 21.8 Å². The van der Waals surface area contributed by atoms with Gasteiger partial charge >= 0.3 is 5.97 Å². The Hall–Kier alpha value is -3.18. The summed E-state index contributed by atoms with van der Waals surface area (Å²) in [5, 5.41) is 3.25.